The smallest absolute Gasteiger partial charge is 0.181 e. The lowest BCUT2D eigenvalue weighted by atomic mass is 10.2. The quantitative estimate of drug-likeness (QED) is 0.644. The molecule has 0 spiro atoms. The summed E-state index contributed by atoms with van der Waals surface area (Å²) < 4.78 is 7.16. The molecule has 0 bridgehead atoms. The zero-order chi connectivity index (χ0) is 15.9. The maximum Gasteiger partial charge on any atom is 0.181 e. The van der Waals surface area contributed by atoms with E-state index in [2.05, 4.69) is 35.0 Å². The van der Waals surface area contributed by atoms with Gasteiger partial charge in [0.2, 0.25) is 0 Å². The number of rotatable bonds is 8. The SMILES string of the molecule is COCCn1ccnc1CNCc1nc(-c2ccncc2)n[nH]1. The van der Waals surface area contributed by atoms with E-state index in [0.29, 0.717) is 25.5 Å². The van der Waals surface area contributed by atoms with E-state index in [1.807, 2.05) is 18.3 Å². The molecule has 8 heteroatoms. The Labute approximate surface area is 134 Å². The second-order valence-electron chi connectivity index (χ2n) is 4.97. The van der Waals surface area contributed by atoms with Crippen LogP contribution in [0.2, 0.25) is 0 Å². The van der Waals surface area contributed by atoms with E-state index in [9.17, 15) is 0 Å². The summed E-state index contributed by atoms with van der Waals surface area (Å²) in [6, 6.07) is 3.76. The van der Waals surface area contributed by atoms with Crippen LogP contribution < -0.4 is 5.32 Å². The second kappa shape index (κ2) is 7.61. The van der Waals surface area contributed by atoms with Gasteiger partial charge in [0.1, 0.15) is 11.6 Å². The van der Waals surface area contributed by atoms with Crippen molar-refractivity contribution in [2.75, 3.05) is 13.7 Å². The molecule has 8 nitrogen and oxygen atoms in total. The number of ether oxygens (including phenoxy) is 1. The summed E-state index contributed by atoms with van der Waals surface area (Å²) in [6.07, 6.45) is 7.20. The van der Waals surface area contributed by atoms with E-state index in [4.69, 9.17) is 4.74 Å². The monoisotopic (exact) mass is 313 g/mol. The Kier molecular flexibility index (Phi) is 5.07. The first-order chi connectivity index (χ1) is 11.4. The van der Waals surface area contributed by atoms with Gasteiger partial charge in [-0.25, -0.2) is 9.97 Å². The minimum atomic E-state index is 0.592. The molecule has 0 aromatic carbocycles. The molecule has 0 aliphatic heterocycles. The molecule has 0 saturated carbocycles. The number of hydrogen-bond acceptors (Lipinski definition) is 6. The minimum Gasteiger partial charge on any atom is -0.383 e. The highest BCUT2D eigenvalue weighted by Crippen LogP contribution is 2.12. The number of pyridine rings is 1. The van der Waals surface area contributed by atoms with Crippen molar-refractivity contribution in [2.24, 2.45) is 0 Å². The van der Waals surface area contributed by atoms with Gasteiger partial charge in [0, 0.05) is 44.0 Å². The van der Waals surface area contributed by atoms with E-state index in [0.717, 1.165) is 23.8 Å². The van der Waals surface area contributed by atoms with Crippen LogP contribution in [0, 0.1) is 0 Å². The molecule has 0 unspecified atom stereocenters. The van der Waals surface area contributed by atoms with Crippen LogP contribution >= 0.6 is 0 Å². The van der Waals surface area contributed by atoms with E-state index in [1.165, 1.54) is 0 Å². The molecule has 0 aliphatic rings. The Morgan fingerprint density at radius 2 is 2.09 bits per heavy atom. The Morgan fingerprint density at radius 1 is 1.22 bits per heavy atom. The number of aromatic amines is 1. The normalized spacial score (nSPS) is 11.0. The highest BCUT2D eigenvalue weighted by molar-refractivity contribution is 5.52. The van der Waals surface area contributed by atoms with Crippen molar-refractivity contribution < 1.29 is 4.74 Å². The average molecular weight is 313 g/mol. The highest BCUT2D eigenvalue weighted by atomic mass is 16.5. The largest absolute Gasteiger partial charge is 0.383 e. The van der Waals surface area contributed by atoms with Gasteiger partial charge in [-0.2, -0.15) is 5.10 Å². The number of hydrogen-bond donors (Lipinski definition) is 2. The molecule has 120 valence electrons. The zero-order valence-corrected chi connectivity index (χ0v) is 12.9. The Morgan fingerprint density at radius 3 is 2.91 bits per heavy atom. The van der Waals surface area contributed by atoms with Crippen molar-refractivity contribution in [2.45, 2.75) is 19.6 Å². The molecule has 0 aliphatic carbocycles. The fourth-order valence-corrected chi connectivity index (χ4v) is 2.20. The molecule has 0 saturated heterocycles. The summed E-state index contributed by atoms with van der Waals surface area (Å²) >= 11 is 0. The van der Waals surface area contributed by atoms with Crippen LogP contribution in [-0.4, -0.2) is 43.4 Å². The molecule has 3 heterocycles. The van der Waals surface area contributed by atoms with Crippen LogP contribution in [0.4, 0.5) is 0 Å². The van der Waals surface area contributed by atoms with Gasteiger partial charge in [-0.05, 0) is 12.1 Å². The summed E-state index contributed by atoms with van der Waals surface area (Å²) in [5.74, 6) is 2.42. The van der Waals surface area contributed by atoms with Gasteiger partial charge < -0.3 is 14.6 Å². The van der Waals surface area contributed by atoms with Crippen molar-refractivity contribution in [3.8, 4) is 11.4 Å². The fraction of sp³-hybridized carbons (Fsp3) is 0.333. The number of methoxy groups -OCH3 is 1. The summed E-state index contributed by atoms with van der Waals surface area (Å²) in [5, 5.41) is 10.5. The lowest BCUT2D eigenvalue weighted by Gasteiger charge is -2.07. The van der Waals surface area contributed by atoms with E-state index >= 15 is 0 Å². The summed E-state index contributed by atoms with van der Waals surface area (Å²) in [5.41, 5.74) is 0.942. The third-order valence-electron chi connectivity index (χ3n) is 3.38. The first-order valence-electron chi connectivity index (χ1n) is 7.38. The molecule has 2 N–H and O–H groups in total. The van der Waals surface area contributed by atoms with E-state index < -0.39 is 0 Å². The Bertz CT molecular complexity index is 722. The van der Waals surface area contributed by atoms with Crippen molar-refractivity contribution in [1.82, 2.24) is 35.0 Å². The van der Waals surface area contributed by atoms with Gasteiger partial charge in [0.25, 0.3) is 0 Å². The molecular weight excluding hydrogens is 294 g/mol. The predicted molar refractivity (Wildman–Crippen MR) is 84.3 cm³/mol. The van der Waals surface area contributed by atoms with E-state index in [1.54, 1.807) is 25.7 Å². The van der Waals surface area contributed by atoms with Crippen molar-refractivity contribution in [1.29, 1.82) is 0 Å². The summed E-state index contributed by atoms with van der Waals surface area (Å²) in [4.78, 5) is 12.8. The Hall–Kier alpha value is -2.58. The first-order valence-corrected chi connectivity index (χ1v) is 7.38. The zero-order valence-electron chi connectivity index (χ0n) is 12.9. The van der Waals surface area contributed by atoms with Crippen molar-refractivity contribution in [3.05, 3.63) is 48.6 Å². The van der Waals surface area contributed by atoms with Gasteiger partial charge in [-0.3, -0.25) is 10.1 Å². The van der Waals surface area contributed by atoms with Gasteiger partial charge in [0.15, 0.2) is 5.82 Å². The first kappa shape index (κ1) is 15.3. The lowest BCUT2D eigenvalue weighted by molar-refractivity contribution is 0.186. The van der Waals surface area contributed by atoms with Crippen molar-refractivity contribution >= 4 is 0 Å². The van der Waals surface area contributed by atoms with Gasteiger partial charge in [-0.15, -0.1) is 0 Å². The molecule has 3 aromatic heterocycles. The topological polar surface area (TPSA) is 93.5 Å². The van der Waals surface area contributed by atoms with Crippen LogP contribution in [0.15, 0.2) is 36.9 Å². The van der Waals surface area contributed by atoms with Gasteiger partial charge in [0.05, 0.1) is 19.7 Å². The predicted octanol–water partition coefficient (Wildman–Crippen LogP) is 0.999. The molecule has 0 radical (unpaired) electrons. The van der Waals surface area contributed by atoms with Gasteiger partial charge in [-0.1, -0.05) is 0 Å². The van der Waals surface area contributed by atoms with Crippen molar-refractivity contribution in [3.63, 3.8) is 0 Å². The maximum absolute atomic E-state index is 5.09. The van der Waals surface area contributed by atoms with Crippen LogP contribution in [0.25, 0.3) is 11.4 Å². The molecule has 0 amide bonds. The third kappa shape index (κ3) is 3.99. The number of imidazole rings is 1. The fourth-order valence-electron chi connectivity index (χ4n) is 2.20. The Balaban J connectivity index is 1.54. The number of nitrogens with one attached hydrogen (secondary N) is 2. The lowest BCUT2D eigenvalue weighted by Crippen LogP contribution is -2.18. The molecule has 3 aromatic rings. The third-order valence-corrected chi connectivity index (χ3v) is 3.38. The molecular formula is C15H19N7O. The van der Waals surface area contributed by atoms with Crippen LogP contribution in [0.3, 0.4) is 0 Å². The molecule has 23 heavy (non-hydrogen) atoms. The number of H-pyrrole nitrogens is 1. The minimum absolute atomic E-state index is 0.592. The van der Waals surface area contributed by atoms with Crippen LogP contribution in [0.5, 0.6) is 0 Å². The summed E-state index contributed by atoms with van der Waals surface area (Å²) in [7, 11) is 1.69. The number of nitrogens with zero attached hydrogens (tertiary/aromatic N) is 5. The van der Waals surface area contributed by atoms with Crippen LogP contribution in [0.1, 0.15) is 11.6 Å². The summed E-state index contributed by atoms with van der Waals surface area (Å²) in [6.45, 7) is 2.71. The van der Waals surface area contributed by atoms with Crippen LogP contribution in [-0.2, 0) is 24.4 Å². The molecule has 0 fully saturated rings. The van der Waals surface area contributed by atoms with Gasteiger partial charge >= 0.3 is 0 Å². The highest BCUT2D eigenvalue weighted by Gasteiger charge is 2.06. The maximum atomic E-state index is 5.09. The number of aromatic nitrogens is 6. The standard InChI is InChI=1S/C15H19N7O/c1-23-9-8-22-7-6-18-14(22)11-17-10-13-19-15(21-20-13)12-2-4-16-5-3-12/h2-7,17H,8-11H2,1H3,(H,19,20,21). The second-order valence-corrected chi connectivity index (χ2v) is 4.97. The average Bonchev–Trinajstić information content (AvgIpc) is 3.23. The van der Waals surface area contributed by atoms with E-state index in [-0.39, 0.29) is 0 Å². The molecule has 0 atom stereocenters. The molecule has 3 rings (SSSR count).